The van der Waals surface area contributed by atoms with E-state index in [0.717, 1.165) is 28.0 Å². The SMILES string of the molecule is COC(=O)Cc1cc(OCc2ccccc2)cc(C2=CI=C=CC=C2)c1. The molecule has 3 rings (SSSR count). The zero-order chi connectivity index (χ0) is 18.2. The van der Waals surface area contributed by atoms with Crippen molar-refractivity contribution < 1.29 is 14.3 Å². The summed E-state index contributed by atoms with van der Waals surface area (Å²) in [7, 11) is 1.40. The van der Waals surface area contributed by atoms with Gasteiger partial charge in [0.15, 0.2) is 0 Å². The Morgan fingerprint density at radius 1 is 1.12 bits per heavy atom. The summed E-state index contributed by atoms with van der Waals surface area (Å²) in [6.07, 6.45) is 6.25. The molecule has 3 nitrogen and oxygen atoms in total. The van der Waals surface area contributed by atoms with Crippen molar-refractivity contribution in [3.05, 3.63) is 87.5 Å². The molecule has 1 heterocycles. The first-order valence-electron chi connectivity index (χ1n) is 8.20. The minimum absolute atomic E-state index is 0.225. The van der Waals surface area contributed by atoms with E-state index in [4.69, 9.17) is 9.47 Å². The van der Waals surface area contributed by atoms with Crippen molar-refractivity contribution in [3.8, 4) is 5.75 Å². The van der Waals surface area contributed by atoms with Gasteiger partial charge in [0.05, 0.1) is 13.5 Å². The summed E-state index contributed by atoms with van der Waals surface area (Å²) < 4.78 is 16.3. The zero-order valence-electron chi connectivity index (χ0n) is 14.4. The van der Waals surface area contributed by atoms with Gasteiger partial charge in [-0.25, -0.2) is 0 Å². The number of halogens is 1. The lowest BCUT2D eigenvalue weighted by Gasteiger charge is -2.12. The first-order chi connectivity index (χ1) is 12.7. The maximum absolute atomic E-state index is 11.7. The van der Waals surface area contributed by atoms with Crippen LogP contribution in [-0.4, -0.2) is 16.7 Å². The number of esters is 1. The highest BCUT2D eigenvalue weighted by atomic mass is 127. The first kappa shape index (κ1) is 18.4. The van der Waals surface area contributed by atoms with Gasteiger partial charge in [0.1, 0.15) is 12.4 Å². The molecule has 0 fully saturated rings. The van der Waals surface area contributed by atoms with Crippen LogP contribution in [0, 0.1) is 0 Å². The average Bonchev–Trinajstić information content (AvgIpc) is 2.96. The third-order valence-corrected chi connectivity index (χ3v) is 5.50. The summed E-state index contributed by atoms with van der Waals surface area (Å²) in [5, 5.41) is 0. The molecule has 0 saturated heterocycles. The number of benzene rings is 2. The maximum atomic E-state index is 11.7. The molecular weight excluding hydrogens is 439 g/mol. The molecule has 132 valence electrons. The van der Waals surface area contributed by atoms with Crippen LogP contribution in [0.4, 0.5) is 0 Å². The molecule has 0 bridgehead atoms. The van der Waals surface area contributed by atoms with Crippen molar-refractivity contribution in [2.45, 2.75) is 13.0 Å². The summed E-state index contributed by atoms with van der Waals surface area (Å²) in [5.74, 6) is 0.489. The number of rotatable bonds is 6. The Morgan fingerprint density at radius 2 is 1.96 bits per heavy atom. The Bertz CT molecular complexity index is 904. The standard InChI is InChI=1S/C22H19IO3/c1-25-22(24)13-18-11-20(19-9-5-6-10-23-15-19)14-21(12-18)26-16-17-7-3-2-4-8-17/h2-9,11-12,14-15H,13,16H2,1H3. The second-order valence-electron chi connectivity index (χ2n) is 5.70. The minimum atomic E-state index is -0.260. The summed E-state index contributed by atoms with van der Waals surface area (Å²) in [5.41, 5.74) is 4.16. The van der Waals surface area contributed by atoms with Gasteiger partial charge in [-0.1, -0.05) is 52.2 Å². The topological polar surface area (TPSA) is 35.5 Å². The van der Waals surface area contributed by atoms with Crippen LogP contribution in [0.15, 0.2) is 70.8 Å². The van der Waals surface area contributed by atoms with Crippen LogP contribution in [-0.2, 0) is 22.6 Å². The van der Waals surface area contributed by atoms with E-state index >= 15 is 0 Å². The predicted molar refractivity (Wildman–Crippen MR) is 114 cm³/mol. The van der Waals surface area contributed by atoms with E-state index in [1.807, 2.05) is 60.7 Å². The number of carbonyl (C=O) groups is 1. The predicted octanol–water partition coefficient (Wildman–Crippen LogP) is 4.82. The third-order valence-electron chi connectivity index (χ3n) is 3.79. The Kier molecular flexibility index (Phi) is 6.58. The molecule has 0 N–H and O–H groups in total. The first-order valence-corrected chi connectivity index (χ1v) is 10.5. The normalized spacial score (nSPS) is 12.7. The molecule has 0 unspecified atom stereocenters. The molecule has 4 heteroatoms. The van der Waals surface area contributed by atoms with E-state index < -0.39 is 0 Å². The van der Waals surface area contributed by atoms with Crippen LogP contribution in [0.5, 0.6) is 5.75 Å². The van der Waals surface area contributed by atoms with E-state index in [1.165, 1.54) is 7.11 Å². The van der Waals surface area contributed by atoms with Gasteiger partial charge >= 0.3 is 5.97 Å². The summed E-state index contributed by atoms with van der Waals surface area (Å²) in [4.78, 5) is 11.7. The van der Waals surface area contributed by atoms with Gasteiger partial charge in [0.2, 0.25) is 0 Å². The van der Waals surface area contributed by atoms with Gasteiger partial charge in [-0.3, -0.25) is 4.79 Å². The zero-order valence-corrected chi connectivity index (χ0v) is 16.6. The van der Waals surface area contributed by atoms with Crippen LogP contribution in [0.2, 0.25) is 0 Å². The lowest BCUT2D eigenvalue weighted by atomic mass is 10.0. The molecule has 0 aliphatic carbocycles. The number of ether oxygens (including phenoxy) is 2. The smallest absolute Gasteiger partial charge is 0.309 e. The van der Waals surface area contributed by atoms with Crippen molar-refractivity contribution in [2.24, 2.45) is 0 Å². The van der Waals surface area contributed by atoms with Crippen molar-refractivity contribution in [1.82, 2.24) is 0 Å². The van der Waals surface area contributed by atoms with E-state index in [9.17, 15) is 4.79 Å². The number of hydrogen-bond donors (Lipinski definition) is 0. The fourth-order valence-corrected chi connectivity index (χ4v) is 4.00. The quantitative estimate of drug-likeness (QED) is 0.460. The molecule has 2 aromatic rings. The van der Waals surface area contributed by atoms with Gasteiger partial charge in [0, 0.05) is 0 Å². The minimum Gasteiger partial charge on any atom is -0.489 e. The summed E-state index contributed by atoms with van der Waals surface area (Å²) in [6.45, 7) is 0.485. The second-order valence-corrected chi connectivity index (χ2v) is 7.57. The van der Waals surface area contributed by atoms with Gasteiger partial charge < -0.3 is 9.47 Å². The Labute approximate surface area is 163 Å². The van der Waals surface area contributed by atoms with Crippen LogP contribution in [0.1, 0.15) is 16.7 Å². The molecule has 1 aliphatic rings. The largest absolute Gasteiger partial charge is 0.489 e. The molecule has 0 spiro atoms. The van der Waals surface area contributed by atoms with E-state index in [2.05, 4.69) is 13.8 Å². The van der Waals surface area contributed by atoms with E-state index in [0.29, 0.717) is 6.61 Å². The van der Waals surface area contributed by atoms with E-state index in [-0.39, 0.29) is 33.1 Å². The third kappa shape index (κ3) is 5.28. The van der Waals surface area contributed by atoms with Gasteiger partial charge in [-0.2, -0.15) is 0 Å². The molecule has 26 heavy (non-hydrogen) atoms. The number of allylic oxidation sites excluding steroid dienone is 4. The summed E-state index contributed by atoms with van der Waals surface area (Å²) in [6, 6.07) is 16.0. The fourth-order valence-electron chi connectivity index (χ4n) is 2.50. The number of methoxy groups -OCH3 is 1. The second kappa shape index (κ2) is 9.32. The maximum Gasteiger partial charge on any atom is 0.309 e. The van der Waals surface area contributed by atoms with Crippen LogP contribution in [0.3, 0.4) is 0 Å². The van der Waals surface area contributed by atoms with Crippen molar-refractivity contribution in [1.29, 1.82) is 0 Å². The Balaban J connectivity index is 1.88. The van der Waals surface area contributed by atoms with Crippen LogP contribution < -0.4 is 4.74 Å². The van der Waals surface area contributed by atoms with Crippen LogP contribution >= 0.6 is 20.7 Å². The number of hydrogen-bond acceptors (Lipinski definition) is 3. The van der Waals surface area contributed by atoms with Crippen molar-refractivity contribution >= 4 is 35.9 Å². The van der Waals surface area contributed by atoms with Crippen LogP contribution in [0.25, 0.3) is 5.57 Å². The van der Waals surface area contributed by atoms with Gasteiger partial charge in [-0.05, 0) is 65.3 Å². The molecule has 0 amide bonds. The highest BCUT2D eigenvalue weighted by Gasteiger charge is 2.09. The Hall–Kier alpha value is -2.43. The highest BCUT2D eigenvalue weighted by Crippen LogP contribution is 2.27. The molecule has 0 radical (unpaired) electrons. The van der Waals surface area contributed by atoms with Crippen molar-refractivity contribution in [3.63, 3.8) is 0 Å². The molecule has 2 aromatic carbocycles. The number of carbonyl (C=O) groups excluding carboxylic acids is 1. The Morgan fingerprint density at radius 3 is 2.77 bits per heavy atom. The molecule has 1 aliphatic heterocycles. The molecule has 0 aromatic heterocycles. The average molecular weight is 458 g/mol. The monoisotopic (exact) mass is 458 g/mol. The van der Waals surface area contributed by atoms with E-state index in [1.54, 1.807) is 0 Å². The van der Waals surface area contributed by atoms with Gasteiger partial charge in [0.25, 0.3) is 0 Å². The molecule has 0 saturated carbocycles. The van der Waals surface area contributed by atoms with Crippen molar-refractivity contribution in [2.75, 3.05) is 7.11 Å². The lowest BCUT2D eigenvalue weighted by molar-refractivity contribution is -0.139. The molecule has 0 atom stereocenters. The lowest BCUT2D eigenvalue weighted by Crippen LogP contribution is -2.05. The fraction of sp³-hybridized carbons (Fsp3) is 0.136. The molecular formula is C22H19IO3. The highest BCUT2D eigenvalue weighted by molar-refractivity contribution is 14.2. The van der Waals surface area contributed by atoms with Gasteiger partial charge in [-0.15, -0.1) is 0 Å². The summed E-state index contributed by atoms with van der Waals surface area (Å²) >= 11 is -0.227.